The Labute approximate surface area is 173 Å². The molecule has 158 valence electrons. The van der Waals surface area contributed by atoms with Crippen LogP contribution in [0, 0.1) is 13.8 Å². The average Bonchev–Trinajstić information content (AvgIpc) is 2.67. The van der Waals surface area contributed by atoms with Crippen molar-refractivity contribution < 1.29 is 27.5 Å². The summed E-state index contributed by atoms with van der Waals surface area (Å²) in [7, 11) is -3.49. The van der Waals surface area contributed by atoms with Crippen LogP contribution in [0.1, 0.15) is 11.1 Å². The summed E-state index contributed by atoms with van der Waals surface area (Å²) in [6.07, 6.45) is 4.13. The maximum absolute atomic E-state index is 12.2. The highest BCUT2D eigenvalue weighted by Crippen LogP contribution is 2.17. The fourth-order valence-electron chi connectivity index (χ4n) is 2.81. The third kappa shape index (κ3) is 5.32. The summed E-state index contributed by atoms with van der Waals surface area (Å²) in [5.74, 6) is -1.54. The van der Waals surface area contributed by atoms with Crippen molar-refractivity contribution in [3.63, 3.8) is 0 Å². The van der Waals surface area contributed by atoms with Crippen molar-refractivity contribution in [1.82, 2.24) is 10.2 Å². The number of urea groups is 1. The maximum atomic E-state index is 12.2. The summed E-state index contributed by atoms with van der Waals surface area (Å²) in [6.45, 7) is 3.25. The molecule has 2 aliphatic rings. The smallest absolute Gasteiger partial charge is 0.340 e. The lowest BCUT2D eigenvalue weighted by atomic mass is 10.1. The highest BCUT2D eigenvalue weighted by molar-refractivity contribution is 7.90. The van der Waals surface area contributed by atoms with Crippen molar-refractivity contribution in [2.75, 3.05) is 24.2 Å². The molecule has 0 radical (unpaired) electrons. The van der Waals surface area contributed by atoms with Gasteiger partial charge in [0.15, 0.2) is 6.61 Å². The zero-order valence-corrected chi connectivity index (χ0v) is 17.2. The van der Waals surface area contributed by atoms with E-state index in [2.05, 4.69) is 15.0 Å². The van der Waals surface area contributed by atoms with Crippen LogP contribution in [-0.2, 0) is 24.3 Å². The van der Waals surface area contributed by atoms with Crippen LogP contribution in [0.3, 0.4) is 0 Å². The van der Waals surface area contributed by atoms with E-state index in [4.69, 9.17) is 4.74 Å². The Morgan fingerprint density at radius 3 is 2.70 bits per heavy atom. The number of amides is 3. The fourth-order valence-corrected chi connectivity index (χ4v) is 3.78. The number of esters is 1. The van der Waals surface area contributed by atoms with E-state index >= 15 is 0 Å². The highest BCUT2D eigenvalue weighted by Gasteiger charge is 2.25. The summed E-state index contributed by atoms with van der Waals surface area (Å²) >= 11 is 0. The number of fused-ring (bicyclic) bond motifs is 1. The van der Waals surface area contributed by atoms with E-state index in [0.717, 1.165) is 11.1 Å². The molecule has 2 heterocycles. The number of rotatable bonds is 4. The molecular formula is C19H20N4O6S. The van der Waals surface area contributed by atoms with Crippen molar-refractivity contribution >= 4 is 39.5 Å². The normalized spacial score (nSPS) is 16.7. The molecule has 3 amide bonds. The molecule has 0 aliphatic carbocycles. The van der Waals surface area contributed by atoms with Crippen LogP contribution in [0.2, 0.25) is 0 Å². The number of nitrogens with one attached hydrogen (secondary N) is 2. The molecule has 0 saturated carbocycles. The van der Waals surface area contributed by atoms with Gasteiger partial charge in [0.1, 0.15) is 5.84 Å². The van der Waals surface area contributed by atoms with Crippen LogP contribution in [0.5, 0.6) is 0 Å². The number of benzene rings is 1. The van der Waals surface area contributed by atoms with Gasteiger partial charge in [-0.1, -0.05) is 17.7 Å². The monoisotopic (exact) mass is 432 g/mol. The number of carbonyl (C=O) groups is 3. The third-order valence-electron chi connectivity index (χ3n) is 4.28. The second-order valence-corrected chi connectivity index (χ2v) is 8.50. The second-order valence-electron chi connectivity index (χ2n) is 6.74. The van der Waals surface area contributed by atoms with Crippen molar-refractivity contribution in [2.24, 2.45) is 4.40 Å². The molecule has 2 N–H and O–H groups in total. The van der Waals surface area contributed by atoms with E-state index < -0.39 is 34.5 Å². The van der Waals surface area contributed by atoms with E-state index in [1.54, 1.807) is 6.07 Å². The summed E-state index contributed by atoms with van der Waals surface area (Å²) in [5.41, 5.74) is 2.56. The maximum Gasteiger partial charge on any atom is 0.340 e. The number of hydrogen-bond donors (Lipinski definition) is 2. The zero-order chi connectivity index (χ0) is 21.9. The largest absolute Gasteiger partial charge is 0.452 e. The predicted octanol–water partition coefficient (Wildman–Crippen LogP) is 0.992. The lowest BCUT2D eigenvalue weighted by Gasteiger charge is -2.26. The summed E-state index contributed by atoms with van der Waals surface area (Å²) in [5, 5.41) is 4.64. The molecule has 2 aliphatic heterocycles. The number of imide groups is 1. The van der Waals surface area contributed by atoms with Gasteiger partial charge in [-0.15, -0.1) is 4.40 Å². The van der Waals surface area contributed by atoms with Gasteiger partial charge in [-0.2, -0.15) is 0 Å². The first-order valence-electron chi connectivity index (χ1n) is 8.97. The number of nitrogens with zero attached hydrogens (tertiary/aromatic N) is 2. The first-order chi connectivity index (χ1) is 14.1. The van der Waals surface area contributed by atoms with Crippen LogP contribution in [0.15, 0.2) is 46.5 Å². The summed E-state index contributed by atoms with van der Waals surface area (Å²) in [6, 6.07) is 4.69. The van der Waals surface area contributed by atoms with Crippen molar-refractivity contribution in [2.45, 2.75) is 13.8 Å². The molecule has 0 unspecified atom stereocenters. The van der Waals surface area contributed by atoms with Gasteiger partial charge in [-0.3, -0.25) is 10.1 Å². The molecule has 11 heteroatoms. The number of ether oxygens (including phenoxy) is 1. The van der Waals surface area contributed by atoms with Gasteiger partial charge < -0.3 is 15.0 Å². The van der Waals surface area contributed by atoms with Crippen molar-refractivity contribution in [3.05, 3.63) is 53.3 Å². The van der Waals surface area contributed by atoms with Gasteiger partial charge in [0.2, 0.25) is 0 Å². The number of carbonyl (C=O) groups excluding carboxylic acids is 3. The second kappa shape index (κ2) is 8.49. The standard InChI is InChI=1S/C19H20N4O6S/c1-12-3-5-15(13(2)9-12)20-19(26)21-17(24)11-29-18(25)14-4-6-16-22-30(27,28)8-7-23(16)10-14/h3-6,9-10H,7-8,11H2,1-2H3,(H2,20,21,24,26). The first kappa shape index (κ1) is 21.2. The molecule has 10 nitrogen and oxygen atoms in total. The van der Waals surface area contributed by atoms with Gasteiger partial charge in [-0.25, -0.2) is 18.0 Å². The quantitative estimate of drug-likeness (QED) is 0.678. The molecule has 1 aromatic rings. The number of hydrogen-bond acceptors (Lipinski definition) is 7. The number of anilines is 1. The zero-order valence-electron chi connectivity index (χ0n) is 16.3. The number of amidine groups is 1. The third-order valence-corrected chi connectivity index (χ3v) is 5.44. The van der Waals surface area contributed by atoms with E-state index in [0.29, 0.717) is 5.69 Å². The molecule has 0 spiro atoms. The van der Waals surface area contributed by atoms with Gasteiger partial charge >= 0.3 is 12.0 Å². The number of aryl methyl sites for hydroxylation is 2. The molecule has 0 bridgehead atoms. The van der Waals surface area contributed by atoms with Gasteiger partial charge in [0, 0.05) is 18.4 Å². The average molecular weight is 432 g/mol. The lowest BCUT2D eigenvalue weighted by Crippen LogP contribution is -2.38. The van der Waals surface area contributed by atoms with Gasteiger partial charge in [0.05, 0.1) is 11.3 Å². The lowest BCUT2D eigenvalue weighted by molar-refractivity contribution is -0.144. The minimum Gasteiger partial charge on any atom is -0.452 e. The molecule has 0 fully saturated rings. The Morgan fingerprint density at radius 1 is 1.20 bits per heavy atom. The molecule has 0 atom stereocenters. The first-order valence-corrected chi connectivity index (χ1v) is 10.6. The molecular weight excluding hydrogens is 412 g/mol. The van der Waals surface area contributed by atoms with E-state index in [1.165, 1.54) is 23.3 Å². The topological polar surface area (TPSA) is 134 Å². The van der Waals surface area contributed by atoms with E-state index in [1.807, 2.05) is 26.0 Å². The molecule has 0 aromatic heterocycles. The Balaban J connectivity index is 1.50. The SMILES string of the molecule is Cc1ccc(NC(=O)NC(=O)COC(=O)C2=CN3CCS(=O)(=O)N=C3C=C2)c(C)c1. The molecule has 30 heavy (non-hydrogen) atoms. The summed E-state index contributed by atoms with van der Waals surface area (Å²) in [4.78, 5) is 37.5. The number of sulfonamides is 1. The Kier molecular flexibility index (Phi) is 6.01. The molecule has 3 rings (SSSR count). The Hall–Kier alpha value is -3.47. The fraction of sp³-hybridized carbons (Fsp3) is 0.263. The minimum atomic E-state index is -3.49. The Bertz CT molecular complexity index is 1100. The van der Waals surface area contributed by atoms with Crippen LogP contribution >= 0.6 is 0 Å². The van der Waals surface area contributed by atoms with Crippen LogP contribution in [-0.4, -0.2) is 56.0 Å². The van der Waals surface area contributed by atoms with Gasteiger partial charge in [-0.05, 0) is 37.6 Å². The highest BCUT2D eigenvalue weighted by atomic mass is 32.2. The van der Waals surface area contributed by atoms with E-state index in [-0.39, 0.29) is 23.7 Å². The van der Waals surface area contributed by atoms with Crippen LogP contribution < -0.4 is 10.6 Å². The van der Waals surface area contributed by atoms with Crippen molar-refractivity contribution in [3.8, 4) is 0 Å². The molecule has 1 aromatic carbocycles. The minimum absolute atomic E-state index is 0.126. The Morgan fingerprint density at radius 2 is 1.97 bits per heavy atom. The predicted molar refractivity (Wildman–Crippen MR) is 109 cm³/mol. The molecule has 0 saturated heterocycles. The van der Waals surface area contributed by atoms with Crippen molar-refractivity contribution in [1.29, 1.82) is 0 Å². The van der Waals surface area contributed by atoms with Crippen LogP contribution in [0.25, 0.3) is 0 Å². The van der Waals surface area contributed by atoms with Gasteiger partial charge in [0.25, 0.3) is 15.9 Å². The van der Waals surface area contributed by atoms with Crippen LogP contribution in [0.4, 0.5) is 10.5 Å². The van der Waals surface area contributed by atoms with E-state index in [9.17, 15) is 22.8 Å². The summed E-state index contributed by atoms with van der Waals surface area (Å²) < 4.78 is 31.5.